The van der Waals surface area contributed by atoms with Crippen molar-refractivity contribution in [1.82, 2.24) is 0 Å². The van der Waals surface area contributed by atoms with Crippen molar-refractivity contribution in [2.45, 2.75) is 31.1 Å². The highest BCUT2D eigenvalue weighted by Gasteiger charge is 2.08. The molecule has 0 aliphatic carbocycles. The molecule has 0 atom stereocenters. The van der Waals surface area contributed by atoms with Gasteiger partial charge in [0.05, 0.1) is 7.11 Å². The Morgan fingerprint density at radius 1 is 1.31 bits per heavy atom. The standard InChI is InChI=1S/C13H21NOS/c1-4-10-9-13(16-3)11(6-5-7-14)8-12(10)15-2/h8-9H,4-7,14H2,1-3H3. The number of hydrogen-bond donors (Lipinski definition) is 1. The molecule has 0 unspecified atom stereocenters. The van der Waals surface area contributed by atoms with E-state index < -0.39 is 0 Å². The minimum atomic E-state index is 0.742. The third kappa shape index (κ3) is 3.16. The van der Waals surface area contributed by atoms with Gasteiger partial charge >= 0.3 is 0 Å². The van der Waals surface area contributed by atoms with E-state index >= 15 is 0 Å². The normalized spacial score (nSPS) is 10.5. The van der Waals surface area contributed by atoms with E-state index in [1.165, 1.54) is 16.0 Å². The first-order valence-corrected chi connectivity index (χ1v) is 6.93. The van der Waals surface area contributed by atoms with Gasteiger partial charge in [0.25, 0.3) is 0 Å². The average molecular weight is 239 g/mol. The van der Waals surface area contributed by atoms with E-state index in [9.17, 15) is 0 Å². The molecule has 0 bridgehead atoms. The zero-order chi connectivity index (χ0) is 12.0. The largest absolute Gasteiger partial charge is 0.496 e. The monoisotopic (exact) mass is 239 g/mol. The van der Waals surface area contributed by atoms with Crippen LogP contribution < -0.4 is 10.5 Å². The van der Waals surface area contributed by atoms with Crippen LogP contribution in [0.15, 0.2) is 17.0 Å². The quantitative estimate of drug-likeness (QED) is 0.775. The van der Waals surface area contributed by atoms with Crippen LogP contribution in [0.5, 0.6) is 5.75 Å². The second-order valence-electron chi connectivity index (χ2n) is 3.72. The fraction of sp³-hybridized carbons (Fsp3) is 0.538. The first kappa shape index (κ1) is 13.4. The van der Waals surface area contributed by atoms with E-state index in [0.29, 0.717) is 0 Å². The Kier molecular flexibility index (Phi) is 5.71. The van der Waals surface area contributed by atoms with Gasteiger partial charge in [0.2, 0.25) is 0 Å². The molecule has 16 heavy (non-hydrogen) atoms. The van der Waals surface area contributed by atoms with Gasteiger partial charge in [-0.3, -0.25) is 0 Å². The molecule has 2 N–H and O–H groups in total. The zero-order valence-electron chi connectivity index (χ0n) is 10.4. The molecule has 0 heterocycles. The molecule has 0 amide bonds. The highest BCUT2D eigenvalue weighted by atomic mass is 32.2. The Hall–Kier alpha value is -0.670. The molecule has 0 saturated heterocycles. The Bertz CT molecular complexity index is 339. The van der Waals surface area contributed by atoms with Crippen LogP contribution in [0.2, 0.25) is 0 Å². The maximum absolute atomic E-state index is 5.56. The Balaban J connectivity index is 3.05. The van der Waals surface area contributed by atoms with E-state index in [4.69, 9.17) is 10.5 Å². The summed E-state index contributed by atoms with van der Waals surface area (Å²) in [6, 6.07) is 4.41. The predicted octanol–water partition coefficient (Wildman–Crippen LogP) is 2.87. The Morgan fingerprint density at radius 3 is 2.56 bits per heavy atom. The fourth-order valence-electron chi connectivity index (χ4n) is 1.79. The van der Waals surface area contributed by atoms with Gasteiger partial charge in [0.15, 0.2) is 0 Å². The molecule has 0 aromatic heterocycles. The van der Waals surface area contributed by atoms with Crippen LogP contribution in [0.25, 0.3) is 0 Å². The van der Waals surface area contributed by atoms with E-state index in [1.54, 1.807) is 18.9 Å². The number of methoxy groups -OCH3 is 1. The van der Waals surface area contributed by atoms with E-state index in [0.717, 1.165) is 31.6 Å². The van der Waals surface area contributed by atoms with Crippen LogP contribution in [-0.2, 0) is 12.8 Å². The zero-order valence-corrected chi connectivity index (χ0v) is 11.2. The summed E-state index contributed by atoms with van der Waals surface area (Å²) in [4.78, 5) is 1.35. The highest BCUT2D eigenvalue weighted by molar-refractivity contribution is 7.98. The molecule has 0 spiro atoms. The molecule has 1 aromatic rings. The van der Waals surface area contributed by atoms with Crippen LogP contribution in [0, 0.1) is 0 Å². The van der Waals surface area contributed by atoms with E-state index in [1.807, 2.05) is 0 Å². The molecule has 3 heteroatoms. The summed E-state index contributed by atoms with van der Waals surface area (Å²) in [6.07, 6.45) is 5.19. The van der Waals surface area contributed by atoms with E-state index in [-0.39, 0.29) is 0 Å². The van der Waals surface area contributed by atoms with Crippen molar-refractivity contribution in [3.63, 3.8) is 0 Å². The van der Waals surface area contributed by atoms with Crippen LogP contribution in [0.3, 0.4) is 0 Å². The average Bonchev–Trinajstić information content (AvgIpc) is 2.35. The maximum atomic E-state index is 5.56. The van der Waals surface area contributed by atoms with Gasteiger partial charge < -0.3 is 10.5 Å². The lowest BCUT2D eigenvalue weighted by molar-refractivity contribution is 0.409. The summed E-state index contributed by atoms with van der Waals surface area (Å²) in [6.45, 7) is 2.90. The first-order chi connectivity index (χ1) is 7.76. The lowest BCUT2D eigenvalue weighted by Crippen LogP contribution is -2.02. The topological polar surface area (TPSA) is 35.2 Å². The van der Waals surface area contributed by atoms with Crippen molar-refractivity contribution in [2.75, 3.05) is 19.9 Å². The van der Waals surface area contributed by atoms with Crippen LogP contribution in [-0.4, -0.2) is 19.9 Å². The van der Waals surface area contributed by atoms with Crippen LogP contribution >= 0.6 is 11.8 Å². The Morgan fingerprint density at radius 2 is 2.06 bits per heavy atom. The number of aryl methyl sites for hydroxylation is 2. The van der Waals surface area contributed by atoms with Gasteiger partial charge in [-0.25, -0.2) is 0 Å². The third-order valence-corrected chi connectivity index (χ3v) is 3.53. The van der Waals surface area contributed by atoms with Gasteiger partial charge in [-0.15, -0.1) is 11.8 Å². The molecule has 0 aliphatic rings. The lowest BCUT2D eigenvalue weighted by Gasteiger charge is -2.13. The lowest BCUT2D eigenvalue weighted by atomic mass is 10.0. The number of rotatable bonds is 6. The highest BCUT2D eigenvalue weighted by Crippen LogP contribution is 2.30. The smallest absolute Gasteiger partial charge is 0.122 e. The first-order valence-electron chi connectivity index (χ1n) is 5.70. The summed E-state index contributed by atoms with van der Waals surface area (Å²) >= 11 is 1.80. The van der Waals surface area contributed by atoms with Gasteiger partial charge in [-0.05, 0) is 55.3 Å². The fourth-order valence-corrected chi connectivity index (χ4v) is 2.47. The van der Waals surface area contributed by atoms with Crippen molar-refractivity contribution in [1.29, 1.82) is 0 Å². The molecule has 90 valence electrons. The molecule has 0 aliphatic heterocycles. The number of hydrogen-bond acceptors (Lipinski definition) is 3. The van der Waals surface area contributed by atoms with Crippen LogP contribution in [0.1, 0.15) is 24.5 Å². The minimum absolute atomic E-state index is 0.742. The molecule has 0 fully saturated rings. The van der Waals surface area contributed by atoms with E-state index in [2.05, 4.69) is 25.3 Å². The van der Waals surface area contributed by atoms with Crippen molar-refractivity contribution in [3.8, 4) is 5.75 Å². The summed E-state index contributed by atoms with van der Waals surface area (Å²) in [7, 11) is 1.74. The molecule has 0 saturated carbocycles. The summed E-state index contributed by atoms with van der Waals surface area (Å²) < 4.78 is 5.42. The maximum Gasteiger partial charge on any atom is 0.122 e. The summed E-state index contributed by atoms with van der Waals surface area (Å²) in [5, 5.41) is 0. The van der Waals surface area contributed by atoms with Crippen molar-refractivity contribution >= 4 is 11.8 Å². The summed E-state index contributed by atoms with van der Waals surface area (Å²) in [5.41, 5.74) is 8.19. The molecule has 0 radical (unpaired) electrons. The SMILES string of the molecule is CCc1cc(SC)c(CCCN)cc1OC. The molecule has 1 rings (SSSR count). The van der Waals surface area contributed by atoms with Crippen LogP contribution in [0.4, 0.5) is 0 Å². The van der Waals surface area contributed by atoms with Crippen molar-refractivity contribution < 1.29 is 4.74 Å². The number of nitrogens with two attached hydrogens (primary N) is 1. The third-order valence-electron chi connectivity index (χ3n) is 2.71. The van der Waals surface area contributed by atoms with Crippen molar-refractivity contribution in [3.05, 3.63) is 23.3 Å². The minimum Gasteiger partial charge on any atom is -0.496 e. The summed E-state index contributed by atoms with van der Waals surface area (Å²) in [5.74, 6) is 1.01. The van der Waals surface area contributed by atoms with Gasteiger partial charge in [-0.2, -0.15) is 0 Å². The van der Waals surface area contributed by atoms with Gasteiger partial charge in [-0.1, -0.05) is 6.92 Å². The Labute approximate surface area is 103 Å². The number of ether oxygens (including phenoxy) is 1. The molecule has 1 aromatic carbocycles. The number of benzene rings is 1. The van der Waals surface area contributed by atoms with Crippen molar-refractivity contribution in [2.24, 2.45) is 5.73 Å². The molecular weight excluding hydrogens is 218 g/mol. The number of thioether (sulfide) groups is 1. The second-order valence-corrected chi connectivity index (χ2v) is 4.57. The second kappa shape index (κ2) is 6.81. The molecule has 2 nitrogen and oxygen atoms in total. The van der Waals surface area contributed by atoms with Gasteiger partial charge in [0.1, 0.15) is 5.75 Å². The predicted molar refractivity (Wildman–Crippen MR) is 71.5 cm³/mol. The molecular formula is C13H21NOS. The van der Waals surface area contributed by atoms with Gasteiger partial charge in [0, 0.05) is 4.90 Å².